The van der Waals surface area contributed by atoms with Crippen LogP contribution < -0.4 is 11.3 Å². The number of nitrogens with zero attached hydrogens (tertiary/aromatic N) is 2. The van der Waals surface area contributed by atoms with Crippen LogP contribution >= 0.6 is 0 Å². The molecule has 0 bridgehead atoms. The maximum Gasteiger partial charge on any atom is 0.274 e. The molecule has 2 rings (SSSR count). The Balaban J connectivity index is 2.11. The molecule has 1 aromatic heterocycles. The van der Waals surface area contributed by atoms with Gasteiger partial charge in [-0.2, -0.15) is 5.10 Å². The Bertz CT molecular complexity index is 505. The zero-order valence-electron chi connectivity index (χ0n) is 9.76. The number of piperidine rings is 1. The number of aromatic nitrogens is 2. The molecular formula is C11H14N4O3. The van der Waals surface area contributed by atoms with E-state index in [0.717, 1.165) is 6.42 Å². The lowest BCUT2D eigenvalue weighted by Gasteiger charge is -2.30. The lowest BCUT2D eigenvalue weighted by molar-refractivity contribution is -0.123. The quantitative estimate of drug-likeness (QED) is 0.709. The Morgan fingerprint density at radius 1 is 1.44 bits per heavy atom. The van der Waals surface area contributed by atoms with E-state index in [4.69, 9.17) is 5.73 Å². The Labute approximate surface area is 103 Å². The van der Waals surface area contributed by atoms with E-state index in [1.54, 1.807) is 4.90 Å². The van der Waals surface area contributed by atoms with Crippen LogP contribution in [0.25, 0.3) is 0 Å². The average Bonchev–Trinajstić information content (AvgIpc) is 2.39. The minimum Gasteiger partial charge on any atom is -0.369 e. The highest BCUT2D eigenvalue weighted by atomic mass is 16.2. The largest absolute Gasteiger partial charge is 0.369 e. The summed E-state index contributed by atoms with van der Waals surface area (Å²) < 4.78 is 0. The van der Waals surface area contributed by atoms with E-state index < -0.39 is 0 Å². The van der Waals surface area contributed by atoms with Crippen LogP contribution in [-0.2, 0) is 4.79 Å². The van der Waals surface area contributed by atoms with E-state index >= 15 is 0 Å². The number of rotatable bonds is 2. The zero-order chi connectivity index (χ0) is 13.1. The SMILES string of the molecule is NC(=O)C1CCCN(C(=O)c2ccc(=O)[nH]n2)C1. The predicted molar refractivity (Wildman–Crippen MR) is 62.7 cm³/mol. The molecule has 7 heteroatoms. The van der Waals surface area contributed by atoms with Gasteiger partial charge in [-0.1, -0.05) is 0 Å². The summed E-state index contributed by atoms with van der Waals surface area (Å²) in [5, 5.41) is 5.89. The average molecular weight is 250 g/mol. The molecule has 0 aromatic carbocycles. The molecule has 0 aliphatic carbocycles. The molecule has 1 aromatic rings. The summed E-state index contributed by atoms with van der Waals surface area (Å²) in [5.41, 5.74) is 5.05. The first kappa shape index (κ1) is 12.3. The van der Waals surface area contributed by atoms with Crippen molar-refractivity contribution in [2.75, 3.05) is 13.1 Å². The lowest BCUT2D eigenvalue weighted by atomic mass is 9.97. The smallest absolute Gasteiger partial charge is 0.274 e. The summed E-state index contributed by atoms with van der Waals surface area (Å²) in [5.74, 6) is -0.982. The van der Waals surface area contributed by atoms with Crippen LogP contribution in [0.3, 0.4) is 0 Å². The van der Waals surface area contributed by atoms with E-state index in [1.165, 1.54) is 12.1 Å². The molecule has 0 saturated carbocycles. The van der Waals surface area contributed by atoms with Crippen molar-refractivity contribution in [3.63, 3.8) is 0 Å². The predicted octanol–water partition coefficient (Wildman–Crippen LogP) is -0.893. The number of aromatic amines is 1. The minimum atomic E-state index is -0.387. The van der Waals surface area contributed by atoms with Crippen LogP contribution in [-0.4, -0.2) is 40.0 Å². The van der Waals surface area contributed by atoms with Gasteiger partial charge in [0, 0.05) is 19.2 Å². The van der Waals surface area contributed by atoms with E-state index in [2.05, 4.69) is 10.2 Å². The van der Waals surface area contributed by atoms with Gasteiger partial charge in [0.2, 0.25) is 5.91 Å². The van der Waals surface area contributed by atoms with Crippen LogP contribution in [0, 0.1) is 5.92 Å². The van der Waals surface area contributed by atoms with Gasteiger partial charge in [-0.05, 0) is 18.9 Å². The van der Waals surface area contributed by atoms with Crippen LogP contribution in [0.4, 0.5) is 0 Å². The van der Waals surface area contributed by atoms with Gasteiger partial charge in [0.05, 0.1) is 5.92 Å². The molecule has 1 unspecified atom stereocenters. The fraction of sp³-hybridized carbons (Fsp3) is 0.455. The van der Waals surface area contributed by atoms with Crippen molar-refractivity contribution in [3.05, 3.63) is 28.2 Å². The molecule has 96 valence electrons. The van der Waals surface area contributed by atoms with Crippen LogP contribution in [0.1, 0.15) is 23.3 Å². The number of carbonyl (C=O) groups is 2. The van der Waals surface area contributed by atoms with Gasteiger partial charge in [-0.25, -0.2) is 5.10 Å². The van der Waals surface area contributed by atoms with Gasteiger partial charge < -0.3 is 10.6 Å². The second-order valence-corrected chi connectivity index (χ2v) is 4.30. The summed E-state index contributed by atoms with van der Waals surface area (Å²) in [4.78, 5) is 35.6. The molecule has 0 spiro atoms. The Hall–Kier alpha value is -2.18. The fourth-order valence-electron chi connectivity index (χ4n) is 2.02. The summed E-state index contributed by atoms with van der Waals surface area (Å²) in [6, 6.07) is 2.62. The van der Waals surface area contributed by atoms with Crippen LogP contribution in [0.5, 0.6) is 0 Å². The fourth-order valence-corrected chi connectivity index (χ4v) is 2.02. The topological polar surface area (TPSA) is 109 Å². The molecule has 7 nitrogen and oxygen atoms in total. The minimum absolute atomic E-state index is 0.166. The van der Waals surface area contributed by atoms with Crippen molar-refractivity contribution in [2.45, 2.75) is 12.8 Å². The number of likely N-dealkylation sites (tertiary alicyclic amines) is 1. The number of primary amides is 1. The van der Waals surface area contributed by atoms with Gasteiger partial charge in [0.25, 0.3) is 11.5 Å². The second kappa shape index (κ2) is 4.99. The first-order valence-electron chi connectivity index (χ1n) is 5.72. The first-order valence-corrected chi connectivity index (χ1v) is 5.72. The van der Waals surface area contributed by atoms with E-state index in [9.17, 15) is 14.4 Å². The number of nitrogens with one attached hydrogen (secondary N) is 1. The summed E-state index contributed by atoms with van der Waals surface area (Å²) in [6.45, 7) is 0.887. The number of H-pyrrole nitrogens is 1. The summed E-state index contributed by atoms with van der Waals surface area (Å²) in [6.07, 6.45) is 1.45. The van der Waals surface area contributed by atoms with E-state index in [-0.39, 0.29) is 29.0 Å². The highest BCUT2D eigenvalue weighted by molar-refractivity contribution is 5.92. The Morgan fingerprint density at radius 2 is 2.22 bits per heavy atom. The van der Waals surface area contributed by atoms with Crippen molar-refractivity contribution in [1.82, 2.24) is 15.1 Å². The Kier molecular flexibility index (Phi) is 3.40. The molecule has 1 saturated heterocycles. The van der Waals surface area contributed by atoms with Gasteiger partial charge in [0.15, 0.2) is 0 Å². The third-order valence-corrected chi connectivity index (χ3v) is 3.01. The molecule has 1 atom stereocenters. The normalized spacial score (nSPS) is 19.6. The summed E-state index contributed by atoms with van der Waals surface area (Å²) >= 11 is 0. The van der Waals surface area contributed by atoms with Crippen LogP contribution in [0.2, 0.25) is 0 Å². The monoisotopic (exact) mass is 250 g/mol. The van der Waals surface area contributed by atoms with Crippen molar-refractivity contribution >= 4 is 11.8 Å². The molecule has 1 aliphatic heterocycles. The molecule has 18 heavy (non-hydrogen) atoms. The van der Waals surface area contributed by atoms with Gasteiger partial charge >= 0.3 is 0 Å². The standard InChI is InChI=1S/C11H14N4O3/c12-10(17)7-2-1-5-15(6-7)11(18)8-3-4-9(16)14-13-8/h3-4,7H,1-2,5-6H2,(H2,12,17)(H,14,16). The third-order valence-electron chi connectivity index (χ3n) is 3.01. The number of carbonyl (C=O) groups excluding carboxylic acids is 2. The number of amides is 2. The molecule has 2 heterocycles. The molecule has 1 aliphatic rings. The Morgan fingerprint density at radius 3 is 2.83 bits per heavy atom. The first-order chi connectivity index (χ1) is 8.58. The number of hydrogen-bond acceptors (Lipinski definition) is 4. The summed E-state index contributed by atoms with van der Waals surface area (Å²) in [7, 11) is 0. The van der Waals surface area contributed by atoms with Gasteiger partial charge in [-0.15, -0.1) is 0 Å². The maximum atomic E-state index is 12.1. The second-order valence-electron chi connectivity index (χ2n) is 4.30. The van der Waals surface area contributed by atoms with Crippen molar-refractivity contribution in [2.24, 2.45) is 11.7 Å². The van der Waals surface area contributed by atoms with Crippen molar-refractivity contribution < 1.29 is 9.59 Å². The molecule has 1 fully saturated rings. The lowest BCUT2D eigenvalue weighted by Crippen LogP contribution is -2.44. The zero-order valence-corrected chi connectivity index (χ0v) is 9.76. The highest BCUT2D eigenvalue weighted by Gasteiger charge is 2.28. The van der Waals surface area contributed by atoms with E-state index in [0.29, 0.717) is 19.5 Å². The van der Waals surface area contributed by atoms with Gasteiger partial charge in [0.1, 0.15) is 5.69 Å². The molecule has 2 amide bonds. The van der Waals surface area contributed by atoms with E-state index in [1.807, 2.05) is 0 Å². The number of nitrogens with two attached hydrogens (primary N) is 1. The highest BCUT2D eigenvalue weighted by Crippen LogP contribution is 2.17. The maximum absolute atomic E-state index is 12.1. The van der Waals surface area contributed by atoms with Crippen LogP contribution in [0.15, 0.2) is 16.9 Å². The number of hydrogen-bond donors (Lipinski definition) is 2. The molecule has 0 radical (unpaired) electrons. The third kappa shape index (κ3) is 2.55. The van der Waals surface area contributed by atoms with Crippen molar-refractivity contribution in [1.29, 1.82) is 0 Å². The molecule has 3 N–H and O–H groups in total. The van der Waals surface area contributed by atoms with Crippen molar-refractivity contribution in [3.8, 4) is 0 Å². The molecular weight excluding hydrogens is 236 g/mol. The van der Waals surface area contributed by atoms with Gasteiger partial charge in [-0.3, -0.25) is 14.4 Å².